The van der Waals surface area contributed by atoms with Crippen molar-refractivity contribution in [2.75, 3.05) is 11.9 Å². The van der Waals surface area contributed by atoms with Crippen LogP contribution in [-0.4, -0.2) is 44.1 Å². The summed E-state index contributed by atoms with van der Waals surface area (Å²) in [5.74, 6) is -1.16. The number of alkyl halides is 3. The average molecular weight is 461 g/mol. The monoisotopic (exact) mass is 461 g/mol. The molecule has 0 bridgehead atoms. The number of aromatic amines is 1. The number of carbonyl (C=O) groups is 2. The third-order valence-corrected chi connectivity index (χ3v) is 5.51. The molecule has 0 spiro atoms. The summed E-state index contributed by atoms with van der Waals surface area (Å²) in [7, 11) is -4.36. The van der Waals surface area contributed by atoms with Crippen molar-refractivity contribution in [1.82, 2.24) is 9.71 Å². The number of benzene rings is 1. The molecule has 0 aliphatic rings. The van der Waals surface area contributed by atoms with Gasteiger partial charge in [0, 0.05) is 11.4 Å². The number of carbonyl (C=O) groups excluding carboxylic acids is 2. The van der Waals surface area contributed by atoms with E-state index in [1.54, 1.807) is 27.7 Å². The molecule has 31 heavy (non-hydrogen) atoms. The minimum absolute atomic E-state index is 0.122. The minimum atomic E-state index is -4.69. The fourth-order valence-corrected chi connectivity index (χ4v) is 3.74. The van der Waals surface area contributed by atoms with E-state index in [9.17, 15) is 31.2 Å². The molecular weight excluding hydrogens is 439 g/mol. The van der Waals surface area contributed by atoms with Gasteiger partial charge < -0.3 is 15.0 Å². The maximum atomic E-state index is 12.6. The van der Waals surface area contributed by atoms with Crippen molar-refractivity contribution in [1.29, 1.82) is 0 Å². The van der Waals surface area contributed by atoms with Crippen LogP contribution in [0.15, 0.2) is 29.2 Å². The fraction of sp³-hybridized carbons (Fsp3) is 0.368. The number of anilines is 1. The smallest absolute Gasteiger partial charge is 0.402 e. The lowest BCUT2D eigenvalue weighted by atomic mass is 10.1. The molecule has 0 unspecified atom stereocenters. The molecule has 3 N–H and O–H groups in total. The van der Waals surface area contributed by atoms with Crippen molar-refractivity contribution in [3.63, 3.8) is 0 Å². The summed E-state index contributed by atoms with van der Waals surface area (Å²) in [6, 6.07) is 4.59. The Labute approximate surface area is 177 Å². The highest BCUT2D eigenvalue weighted by Crippen LogP contribution is 2.22. The molecule has 1 aromatic carbocycles. The predicted octanol–water partition coefficient (Wildman–Crippen LogP) is 3.29. The van der Waals surface area contributed by atoms with Gasteiger partial charge in [-0.15, -0.1) is 0 Å². The number of halogens is 3. The zero-order valence-electron chi connectivity index (χ0n) is 17.2. The normalized spacial score (nSPS) is 12.1. The molecule has 0 saturated carbocycles. The van der Waals surface area contributed by atoms with Gasteiger partial charge in [-0.1, -0.05) is 0 Å². The summed E-state index contributed by atoms with van der Waals surface area (Å²) in [5.41, 5.74) is 1.41. The Kier molecular flexibility index (Phi) is 7.17. The van der Waals surface area contributed by atoms with E-state index in [1.165, 1.54) is 16.9 Å². The number of hydrogen-bond donors (Lipinski definition) is 3. The Morgan fingerprint density at radius 2 is 1.71 bits per heavy atom. The average Bonchev–Trinajstić information content (AvgIpc) is 2.94. The molecule has 2 aromatic rings. The van der Waals surface area contributed by atoms with Gasteiger partial charge in [0.2, 0.25) is 10.0 Å². The van der Waals surface area contributed by atoms with Gasteiger partial charge in [-0.2, -0.15) is 13.2 Å². The zero-order valence-corrected chi connectivity index (χ0v) is 18.0. The van der Waals surface area contributed by atoms with E-state index in [1.807, 2.05) is 0 Å². The lowest BCUT2D eigenvalue weighted by molar-refractivity contribution is -0.121. The molecule has 1 aromatic heterocycles. The molecule has 0 atom stereocenters. The highest BCUT2D eigenvalue weighted by atomic mass is 32.2. The van der Waals surface area contributed by atoms with Crippen LogP contribution in [0.1, 0.15) is 46.0 Å². The third-order valence-electron chi connectivity index (χ3n) is 4.10. The van der Waals surface area contributed by atoms with Gasteiger partial charge >= 0.3 is 12.1 Å². The molecule has 0 saturated heterocycles. The van der Waals surface area contributed by atoms with Crippen LogP contribution in [0, 0.1) is 13.8 Å². The first-order valence-electron chi connectivity index (χ1n) is 9.09. The topological polar surface area (TPSA) is 117 Å². The number of esters is 1. The molecule has 12 heteroatoms. The Balaban J connectivity index is 2.16. The molecule has 0 aliphatic carbocycles. The number of hydrogen-bond acceptors (Lipinski definition) is 5. The van der Waals surface area contributed by atoms with Crippen LogP contribution in [-0.2, 0) is 14.8 Å². The van der Waals surface area contributed by atoms with Crippen LogP contribution in [0.25, 0.3) is 0 Å². The van der Waals surface area contributed by atoms with Crippen LogP contribution in [0.3, 0.4) is 0 Å². The van der Waals surface area contributed by atoms with Gasteiger partial charge in [0.1, 0.15) is 12.2 Å². The van der Waals surface area contributed by atoms with Gasteiger partial charge in [-0.3, -0.25) is 4.79 Å². The lowest BCUT2D eigenvalue weighted by Gasteiger charge is -2.10. The molecule has 2 rings (SSSR count). The van der Waals surface area contributed by atoms with Crippen LogP contribution >= 0.6 is 0 Å². The first-order chi connectivity index (χ1) is 14.2. The number of amides is 1. The Morgan fingerprint density at radius 1 is 1.13 bits per heavy atom. The number of sulfonamides is 1. The number of rotatable bonds is 7. The third kappa shape index (κ3) is 6.31. The zero-order chi connectivity index (χ0) is 23.6. The molecule has 0 fully saturated rings. The van der Waals surface area contributed by atoms with Crippen LogP contribution in [0.5, 0.6) is 0 Å². The Hall–Kier alpha value is -2.86. The maximum Gasteiger partial charge on any atom is 0.402 e. The van der Waals surface area contributed by atoms with Crippen molar-refractivity contribution in [3.8, 4) is 0 Å². The van der Waals surface area contributed by atoms with Gasteiger partial charge in [0.05, 0.1) is 16.6 Å². The predicted molar refractivity (Wildman–Crippen MR) is 106 cm³/mol. The van der Waals surface area contributed by atoms with Crippen molar-refractivity contribution < 1.29 is 35.9 Å². The largest absolute Gasteiger partial charge is 0.459 e. The van der Waals surface area contributed by atoms with E-state index < -0.39 is 34.6 Å². The highest BCUT2D eigenvalue weighted by molar-refractivity contribution is 7.89. The highest BCUT2D eigenvalue weighted by Gasteiger charge is 2.30. The molecule has 0 aliphatic heterocycles. The minimum Gasteiger partial charge on any atom is -0.459 e. The first kappa shape index (κ1) is 24.4. The molecular formula is C19H22F3N3O5S. The van der Waals surface area contributed by atoms with Crippen LogP contribution < -0.4 is 10.0 Å². The molecule has 170 valence electrons. The van der Waals surface area contributed by atoms with E-state index in [-0.39, 0.29) is 27.9 Å². The Morgan fingerprint density at radius 3 is 2.23 bits per heavy atom. The van der Waals surface area contributed by atoms with Crippen molar-refractivity contribution >= 4 is 27.6 Å². The van der Waals surface area contributed by atoms with Gasteiger partial charge in [-0.05, 0) is 57.5 Å². The number of H-pyrrole nitrogens is 1. The van der Waals surface area contributed by atoms with Crippen molar-refractivity contribution in [2.45, 2.75) is 44.9 Å². The number of nitrogens with one attached hydrogen (secondary N) is 3. The molecule has 1 amide bonds. The first-order valence-corrected chi connectivity index (χ1v) is 10.6. The SMILES string of the molecule is Cc1[nH]c(C(=O)Nc2ccc(S(=O)(=O)NCC(F)(F)F)cc2)c(C)c1C(=O)OC(C)C. The second-order valence-corrected chi connectivity index (χ2v) is 8.76. The summed E-state index contributed by atoms with van der Waals surface area (Å²) in [5, 5.41) is 2.54. The van der Waals surface area contributed by atoms with E-state index >= 15 is 0 Å². The summed E-state index contributed by atoms with van der Waals surface area (Å²) in [6.07, 6.45) is -5.02. The number of aromatic nitrogens is 1. The van der Waals surface area contributed by atoms with E-state index in [0.29, 0.717) is 11.3 Å². The molecule has 0 radical (unpaired) electrons. The maximum absolute atomic E-state index is 12.6. The molecule has 8 nitrogen and oxygen atoms in total. The van der Waals surface area contributed by atoms with Crippen molar-refractivity contribution in [3.05, 3.63) is 46.8 Å². The van der Waals surface area contributed by atoms with Gasteiger partial charge in [-0.25, -0.2) is 17.9 Å². The summed E-state index contributed by atoms with van der Waals surface area (Å²) in [4.78, 5) is 27.3. The van der Waals surface area contributed by atoms with E-state index in [0.717, 1.165) is 12.1 Å². The fourth-order valence-electron chi connectivity index (χ4n) is 2.73. The number of ether oxygens (including phenoxy) is 1. The lowest BCUT2D eigenvalue weighted by Crippen LogP contribution is -2.33. The molecule has 1 heterocycles. The van der Waals surface area contributed by atoms with Gasteiger partial charge in [0.15, 0.2) is 0 Å². The quantitative estimate of drug-likeness (QED) is 0.547. The standard InChI is InChI=1S/C19H22F3N3O5S/c1-10(2)30-18(27)15-11(3)16(24-12(15)4)17(26)25-13-5-7-14(8-6-13)31(28,29)23-9-19(20,21)22/h5-8,10,23-24H,9H2,1-4H3,(H,25,26). The number of aryl methyl sites for hydroxylation is 1. The second-order valence-electron chi connectivity index (χ2n) is 7.00. The van der Waals surface area contributed by atoms with E-state index in [4.69, 9.17) is 4.74 Å². The summed E-state index contributed by atoms with van der Waals surface area (Å²) in [6.45, 7) is 4.91. The summed E-state index contributed by atoms with van der Waals surface area (Å²) < 4.78 is 67.2. The van der Waals surface area contributed by atoms with E-state index in [2.05, 4.69) is 10.3 Å². The van der Waals surface area contributed by atoms with Gasteiger partial charge in [0.25, 0.3) is 5.91 Å². The van der Waals surface area contributed by atoms with Crippen LogP contribution in [0.2, 0.25) is 0 Å². The van der Waals surface area contributed by atoms with Crippen LogP contribution in [0.4, 0.5) is 18.9 Å². The second kappa shape index (κ2) is 9.10. The van der Waals surface area contributed by atoms with Crippen molar-refractivity contribution in [2.24, 2.45) is 0 Å². The Bertz CT molecular complexity index is 1070. The summed E-state index contributed by atoms with van der Waals surface area (Å²) >= 11 is 0.